The first-order valence-corrected chi connectivity index (χ1v) is 9.98. The standard InChI is InChI=1S/C21H31N3O3/c1-4-27-16-8-5-14(6-9-16)20(25)23-19(13(2)3)21(26)24-11-15-7-10-18(22)17(15)12-24/h5-6,8-9,13,15,17-19H,4,7,10-12,22H2,1-3H3,(H,23,25). The largest absolute Gasteiger partial charge is 0.494 e. The summed E-state index contributed by atoms with van der Waals surface area (Å²) >= 11 is 0. The normalized spacial score (nSPS) is 25.4. The number of nitrogens with zero attached hydrogens (tertiary/aromatic N) is 1. The van der Waals surface area contributed by atoms with Crippen molar-refractivity contribution in [2.45, 2.75) is 45.7 Å². The van der Waals surface area contributed by atoms with E-state index in [0.717, 1.165) is 25.1 Å². The molecule has 1 aromatic rings. The molecule has 6 nitrogen and oxygen atoms in total. The van der Waals surface area contributed by atoms with Gasteiger partial charge in [0.25, 0.3) is 5.91 Å². The summed E-state index contributed by atoms with van der Waals surface area (Å²) in [4.78, 5) is 27.6. The zero-order valence-electron chi connectivity index (χ0n) is 16.5. The van der Waals surface area contributed by atoms with E-state index in [1.54, 1.807) is 24.3 Å². The fourth-order valence-corrected chi connectivity index (χ4v) is 4.29. The van der Waals surface area contributed by atoms with E-state index < -0.39 is 6.04 Å². The van der Waals surface area contributed by atoms with Gasteiger partial charge >= 0.3 is 0 Å². The zero-order valence-corrected chi connectivity index (χ0v) is 16.5. The van der Waals surface area contributed by atoms with Gasteiger partial charge in [0.1, 0.15) is 11.8 Å². The molecule has 1 heterocycles. The van der Waals surface area contributed by atoms with Gasteiger partial charge in [0, 0.05) is 24.7 Å². The van der Waals surface area contributed by atoms with Crippen molar-refractivity contribution in [1.82, 2.24) is 10.2 Å². The predicted molar refractivity (Wildman–Crippen MR) is 104 cm³/mol. The lowest BCUT2D eigenvalue weighted by molar-refractivity contribution is -0.133. The Balaban J connectivity index is 1.65. The maximum absolute atomic E-state index is 13.1. The van der Waals surface area contributed by atoms with Crippen LogP contribution in [0.5, 0.6) is 5.75 Å². The van der Waals surface area contributed by atoms with Crippen LogP contribution >= 0.6 is 0 Å². The Morgan fingerprint density at radius 2 is 1.93 bits per heavy atom. The van der Waals surface area contributed by atoms with E-state index in [2.05, 4.69) is 5.32 Å². The van der Waals surface area contributed by atoms with Gasteiger partial charge in [-0.15, -0.1) is 0 Å². The molecule has 1 aromatic carbocycles. The number of carbonyl (C=O) groups excluding carboxylic acids is 2. The van der Waals surface area contributed by atoms with Crippen LogP contribution in [0.15, 0.2) is 24.3 Å². The van der Waals surface area contributed by atoms with Crippen LogP contribution < -0.4 is 15.8 Å². The van der Waals surface area contributed by atoms with E-state index >= 15 is 0 Å². The van der Waals surface area contributed by atoms with Crippen molar-refractivity contribution < 1.29 is 14.3 Å². The van der Waals surface area contributed by atoms with Crippen LogP contribution in [0.25, 0.3) is 0 Å². The summed E-state index contributed by atoms with van der Waals surface area (Å²) in [6.07, 6.45) is 2.15. The average molecular weight is 373 g/mol. The molecule has 1 saturated heterocycles. The molecular formula is C21H31N3O3. The molecule has 0 bridgehead atoms. The number of fused-ring (bicyclic) bond motifs is 1. The van der Waals surface area contributed by atoms with Gasteiger partial charge in [-0.3, -0.25) is 9.59 Å². The minimum atomic E-state index is -0.529. The third kappa shape index (κ3) is 4.26. The van der Waals surface area contributed by atoms with Gasteiger partial charge in [-0.1, -0.05) is 13.8 Å². The summed E-state index contributed by atoms with van der Waals surface area (Å²) in [7, 11) is 0. The first-order valence-electron chi connectivity index (χ1n) is 9.98. The summed E-state index contributed by atoms with van der Waals surface area (Å²) < 4.78 is 5.41. The predicted octanol–water partition coefficient (Wildman–Crippen LogP) is 2.04. The molecule has 1 aliphatic carbocycles. The molecule has 4 atom stereocenters. The molecule has 6 heteroatoms. The summed E-state index contributed by atoms with van der Waals surface area (Å²) in [5, 5.41) is 2.94. The second-order valence-electron chi connectivity index (χ2n) is 8.06. The first-order chi connectivity index (χ1) is 12.9. The van der Waals surface area contributed by atoms with Crippen molar-refractivity contribution in [2.24, 2.45) is 23.5 Å². The summed E-state index contributed by atoms with van der Waals surface area (Å²) in [5.41, 5.74) is 6.72. The van der Waals surface area contributed by atoms with Crippen LogP contribution in [0.1, 0.15) is 44.0 Å². The SMILES string of the molecule is CCOc1ccc(C(=O)NC(C(=O)N2CC3CCC(N)C3C2)C(C)C)cc1. The van der Waals surface area contributed by atoms with E-state index in [1.807, 2.05) is 25.7 Å². The topological polar surface area (TPSA) is 84.7 Å². The van der Waals surface area contributed by atoms with Crippen LogP contribution in [0.4, 0.5) is 0 Å². The van der Waals surface area contributed by atoms with E-state index in [-0.39, 0.29) is 23.8 Å². The molecule has 4 unspecified atom stereocenters. The maximum atomic E-state index is 13.1. The smallest absolute Gasteiger partial charge is 0.251 e. The molecule has 2 amide bonds. The van der Waals surface area contributed by atoms with Gasteiger partial charge in [0.15, 0.2) is 0 Å². The highest BCUT2D eigenvalue weighted by Crippen LogP contribution is 2.37. The van der Waals surface area contributed by atoms with Crippen LogP contribution in [-0.4, -0.2) is 48.5 Å². The summed E-state index contributed by atoms with van der Waals surface area (Å²) in [6.45, 7) is 7.90. The van der Waals surface area contributed by atoms with Crippen LogP contribution in [-0.2, 0) is 4.79 Å². The Morgan fingerprint density at radius 3 is 2.52 bits per heavy atom. The van der Waals surface area contributed by atoms with Gasteiger partial charge in [-0.2, -0.15) is 0 Å². The lowest BCUT2D eigenvalue weighted by Crippen LogP contribution is -2.51. The minimum Gasteiger partial charge on any atom is -0.494 e. The van der Waals surface area contributed by atoms with Gasteiger partial charge in [-0.25, -0.2) is 0 Å². The van der Waals surface area contributed by atoms with Gasteiger partial charge < -0.3 is 20.7 Å². The minimum absolute atomic E-state index is 0.00545. The highest BCUT2D eigenvalue weighted by molar-refractivity contribution is 5.97. The lowest BCUT2D eigenvalue weighted by Gasteiger charge is -2.28. The third-order valence-electron chi connectivity index (χ3n) is 5.87. The highest BCUT2D eigenvalue weighted by Gasteiger charge is 2.44. The second kappa shape index (κ2) is 8.30. The number of rotatable bonds is 6. The lowest BCUT2D eigenvalue weighted by atomic mass is 9.98. The van der Waals surface area contributed by atoms with Crippen molar-refractivity contribution in [1.29, 1.82) is 0 Å². The van der Waals surface area contributed by atoms with Gasteiger partial charge in [0.05, 0.1) is 6.61 Å². The Hall–Kier alpha value is -2.08. The molecule has 0 radical (unpaired) electrons. The Morgan fingerprint density at radius 1 is 1.22 bits per heavy atom. The Bertz CT molecular complexity index is 674. The van der Waals surface area contributed by atoms with E-state index in [1.165, 1.54) is 0 Å². The molecule has 2 fully saturated rings. The molecule has 0 spiro atoms. The molecule has 1 aliphatic heterocycles. The number of hydrogen-bond donors (Lipinski definition) is 2. The average Bonchev–Trinajstić information content (AvgIpc) is 3.22. The van der Waals surface area contributed by atoms with Crippen LogP contribution in [0.3, 0.4) is 0 Å². The van der Waals surface area contributed by atoms with Crippen molar-refractivity contribution in [3.05, 3.63) is 29.8 Å². The fourth-order valence-electron chi connectivity index (χ4n) is 4.29. The summed E-state index contributed by atoms with van der Waals surface area (Å²) in [5.74, 6) is 1.43. The number of carbonyl (C=O) groups is 2. The molecule has 3 rings (SSSR count). The van der Waals surface area contributed by atoms with Crippen molar-refractivity contribution in [3.8, 4) is 5.75 Å². The van der Waals surface area contributed by atoms with Gasteiger partial charge in [0.2, 0.25) is 5.91 Å². The number of nitrogens with two attached hydrogens (primary N) is 1. The quantitative estimate of drug-likeness (QED) is 0.799. The van der Waals surface area contributed by atoms with E-state index in [4.69, 9.17) is 10.5 Å². The van der Waals surface area contributed by atoms with Crippen molar-refractivity contribution in [3.63, 3.8) is 0 Å². The zero-order chi connectivity index (χ0) is 19.6. The Labute approximate surface area is 161 Å². The van der Waals surface area contributed by atoms with Crippen molar-refractivity contribution in [2.75, 3.05) is 19.7 Å². The summed E-state index contributed by atoms with van der Waals surface area (Å²) in [6, 6.07) is 6.66. The number of nitrogens with one attached hydrogen (secondary N) is 1. The molecule has 1 saturated carbocycles. The number of likely N-dealkylation sites (tertiary alicyclic amines) is 1. The Kier molecular flexibility index (Phi) is 6.05. The van der Waals surface area contributed by atoms with Crippen molar-refractivity contribution >= 4 is 11.8 Å². The fraction of sp³-hybridized carbons (Fsp3) is 0.619. The molecule has 3 N–H and O–H groups in total. The maximum Gasteiger partial charge on any atom is 0.251 e. The number of hydrogen-bond acceptors (Lipinski definition) is 4. The molecule has 0 aromatic heterocycles. The van der Waals surface area contributed by atoms with E-state index in [0.29, 0.717) is 30.6 Å². The van der Waals surface area contributed by atoms with E-state index in [9.17, 15) is 9.59 Å². The van der Waals surface area contributed by atoms with Gasteiger partial charge in [-0.05, 0) is 61.8 Å². The third-order valence-corrected chi connectivity index (χ3v) is 5.87. The van der Waals surface area contributed by atoms with Crippen LogP contribution in [0, 0.1) is 17.8 Å². The molecule has 2 aliphatic rings. The molecular weight excluding hydrogens is 342 g/mol. The molecule has 27 heavy (non-hydrogen) atoms. The second-order valence-corrected chi connectivity index (χ2v) is 8.06. The molecule has 148 valence electrons. The first kappa shape index (κ1) is 19.7. The number of benzene rings is 1. The van der Waals surface area contributed by atoms with Crippen LogP contribution in [0.2, 0.25) is 0 Å². The highest BCUT2D eigenvalue weighted by atomic mass is 16.5. The monoisotopic (exact) mass is 373 g/mol. The number of amides is 2. The number of ether oxygens (including phenoxy) is 1.